The molecule has 0 bridgehead atoms. The van der Waals surface area contributed by atoms with Gasteiger partial charge in [-0.05, 0) is 26.4 Å². The second-order valence-corrected chi connectivity index (χ2v) is 5.16. The molecule has 0 radical (unpaired) electrons. The van der Waals surface area contributed by atoms with E-state index in [9.17, 15) is 4.39 Å². The third kappa shape index (κ3) is 4.83. The van der Waals surface area contributed by atoms with Gasteiger partial charge in [0.2, 0.25) is 5.95 Å². The molecule has 5 nitrogen and oxygen atoms in total. The lowest BCUT2D eigenvalue weighted by atomic mass is 10.0. The number of likely N-dealkylation sites (N-methyl/N-ethyl adjacent to an activating group) is 1. The summed E-state index contributed by atoms with van der Waals surface area (Å²) < 4.78 is 13.5. The average molecular weight is 255 g/mol. The van der Waals surface area contributed by atoms with Gasteiger partial charge >= 0.3 is 0 Å². The Balaban J connectivity index is 2.77. The zero-order chi connectivity index (χ0) is 13.7. The molecule has 18 heavy (non-hydrogen) atoms. The maximum Gasteiger partial charge on any atom is 0.222 e. The van der Waals surface area contributed by atoms with Gasteiger partial charge in [0, 0.05) is 12.6 Å². The summed E-state index contributed by atoms with van der Waals surface area (Å²) in [5, 5.41) is 3.10. The predicted octanol–water partition coefficient (Wildman–Crippen LogP) is 1.59. The van der Waals surface area contributed by atoms with Gasteiger partial charge in [0.15, 0.2) is 11.6 Å². The van der Waals surface area contributed by atoms with Crippen molar-refractivity contribution in [1.29, 1.82) is 0 Å². The standard InChI is InChI=1S/C12H22FN5/c1-8(2)5-9(7-18(3)4)16-11-10(13)6-15-12(14)17-11/h6,8-9H,5,7H2,1-4H3,(H3,14,15,16,17). The molecule has 1 aromatic rings. The fraction of sp³-hybridized carbons (Fsp3) is 0.667. The lowest BCUT2D eigenvalue weighted by Crippen LogP contribution is -2.34. The highest BCUT2D eigenvalue weighted by Crippen LogP contribution is 2.15. The van der Waals surface area contributed by atoms with Gasteiger partial charge in [0.1, 0.15) is 0 Å². The largest absolute Gasteiger partial charge is 0.368 e. The van der Waals surface area contributed by atoms with E-state index >= 15 is 0 Å². The second kappa shape index (κ2) is 6.49. The van der Waals surface area contributed by atoms with Crippen molar-refractivity contribution in [2.75, 3.05) is 31.7 Å². The van der Waals surface area contributed by atoms with Crippen LogP contribution in [0.25, 0.3) is 0 Å². The van der Waals surface area contributed by atoms with Crippen molar-refractivity contribution >= 4 is 11.8 Å². The minimum absolute atomic E-state index is 0.0760. The molecular weight excluding hydrogens is 233 g/mol. The van der Waals surface area contributed by atoms with Crippen molar-refractivity contribution in [2.24, 2.45) is 5.92 Å². The summed E-state index contributed by atoms with van der Waals surface area (Å²) in [7, 11) is 3.97. The molecule has 0 spiro atoms. The summed E-state index contributed by atoms with van der Waals surface area (Å²) in [5.41, 5.74) is 5.47. The molecule has 6 heteroatoms. The Labute approximate surface area is 108 Å². The quantitative estimate of drug-likeness (QED) is 0.808. The van der Waals surface area contributed by atoms with Crippen molar-refractivity contribution in [3.05, 3.63) is 12.0 Å². The maximum atomic E-state index is 13.5. The van der Waals surface area contributed by atoms with E-state index < -0.39 is 5.82 Å². The molecule has 1 aromatic heterocycles. The number of hydrogen-bond donors (Lipinski definition) is 2. The van der Waals surface area contributed by atoms with Crippen LogP contribution in [-0.4, -0.2) is 41.5 Å². The van der Waals surface area contributed by atoms with Crippen LogP contribution in [0.5, 0.6) is 0 Å². The smallest absolute Gasteiger partial charge is 0.222 e. The van der Waals surface area contributed by atoms with Crippen LogP contribution in [0.2, 0.25) is 0 Å². The van der Waals surface area contributed by atoms with E-state index in [2.05, 4.69) is 34.0 Å². The number of rotatable bonds is 6. The van der Waals surface area contributed by atoms with Gasteiger partial charge in [-0.3, -0.25) is 0 Å². The summed E-state index contributed by atoms with van der Waals surface area (Å²) >= 11 is 0. The summed E-state index contributed by atoms with van der Waals surface area (Å²) in [5.74, 6) is 0.295. The zero-order valence-corrected chi connectivity index (χ0v) is 11.4. The number of nitrogens with two attached hydrogens (primary N) is 1. The van der Waals surface area contributed by atoms with Gasteiger partial charge in [0.05, 0.1) is 6.20 Å². The van der Waals surface area contributed by atoms with E-state index in [1.54, 1.807) is 0 Å². The number of nitrogen functional groups attached to an aromatic ring is 1. The van der Waals surface area contributed by atoms with Gasteiger partial charge in [-0.2, -0.15) is 4.98 Å². The molecular formula is C12H22FN5. The molecule has 0 fully saturated rings. The molecule has 1 unspecified atom stereocenters. The summed E-state index contributed by atoms with van der Waals surface area (Å²) in [4.78, 5) is 9.56. The lowest BCUT2D eigenvalue weighted by molar-refractivity contribution is 0.355. The van der Waals surface area contributed by atoms with Crippen LogP contribution in [0.3, 0.4) is 0 Å². The first-order valence-electron chi connectivity index (χ1n) is 6.07. The molecule has 0 aliphatic rings. The molecule has 0 aliphatic heterocycles. The van der Waals surface area contributed by atoms with Gasteiger partial charge in [-0.15, -0.1) is 0 Å². The summed E-state index contributed by atoms with van der Waals surface area (Å²) in [6.45, 7) is 5.07. The van der Waals surface area contributed by atoms with Crippen LogP contribution in [0.1, 0.15) is 20.3 Å². The Morgan fingerprint density at radius 3 is 2.67 bits per heavy atom. The molecule has 1 atom stereocenters. The number of nitrogens with one attached hydrogen (secondary N) is 1. The number of halogens is 1. The first kappa shape index (κ1) is 14.6. The topological polar surface area (TPSA) is 67.1 Å². The third-order valence-electron chi connectivity index (χ3n) is 2.45. The Bertz CT molecular complexity index is 371. The monoisotopic (exact) mass is 255 g/mol. The minimum atomic E-state index is -0.475. The fourth-order valence-electron chi connectivity index (χ4n) is 1.86. The van der Waals surface area contributed by atoms with E-state index in [0.717, 1.165) is 19.2 Å². The maximum absolute atomic E-state index is 13.5. The Kier molecular flexibility index (Phi) is 5.27. The molecule has 0 aromatic carbocycles. The Morgan fingerprint density at radius 2 is 2.11 bits per heavy atom. The van der Waals surface area contributed by atoms with E-state index in [0.29, 0.717) is 5.92 Å². The van der Waals surface area contributed by atoms with Crippen molar-refractivity contribution in [2.45, 2.75) is 26.3 Å². The highest BCUT2D eigenvalue weighted by molar-refractivity contribution is 5.40. The fourth-order valence-corrected chi connectivity index (χ4v) is 1.86. The van der Waals surface area contributed by atoms with Crippen molar-refractivity contribution in [1.82, 2.24) is 14.9 Å². The van der Waals surface area contributed by atoms with Gasteiger partial charge < -0.3 is 16.0 Å². The van der Waals surface area contributed by atoms with Gasteiger partial charge in [0.25, 0.3) is 0 Å². The highest BCUT2D eigenvalue weighted by Gasteiger charge is 2.15. The number of nitrogens with zero attached hydrogens (tertiary/aromatic N) is 3. The van der Waals surface area contributed by atoms with E-state index in [1.165, 1.54) is 0 Å². The Morgan fingerprint density at radius 1 is 1.44 bits per heavy atom. The normalized spacial score (nSPS) is 13.1. The second-order valence-electron chi connectivity index (χ2n) is 5.16. The van der Waals surface area contributed by atoms with Crippen LogP contribution < -0.4 is 11.1 Å². The van der Waals surface area contributed by atoms with Crippen LogP contribution in [0, 0.1) is 11.7 Å². The molecule has 0 amide bonds. The van der Waals surface area contributed by atoms with Crippen molar-refractivity contribution in [3.8, 4) is 0 Å². The van der Waals surface area contributed by atoms with Gasteiger partial charge in [-0.1, -0.05) is 13.8 Å². The van der Waals surface area contributed by atoms with Crippen LogP contribution >= 0.6 is 0 Å². The Hall–Kier alpha value is -1.43. The van der Waals surface area contributed by atoms with Crippen LogP contribution in [0.4, 0.5) is 16.2 Å². The molecule has 1 heterocycles. The summed E-state index contributed by atoms with van der Waals surface area (Å²) in [6, 6.07) is 0.129. The molecule has 0 saturated carbocycles. The number of hydrogen-bond acceptors (Lipinski definition) is 5. The van der Waals surface area contributed by atoms with Crippen LogP contribution in [-0.2, 0) is 0 Å². The first-order valence-corrected chi connectivity index (χ1v) is 6.07. The van der Waals surface area contributed by atoms with Crippen LogP contribution in [0.15, 0.2) is 6.20 Å². The minimum Gasteiger partial charge on any atom is -0.368 e. The van der Waals surface area contributed by atoms with E-state index in [-0.39, 0.29) is 17.8 Å². The zero-order valence-electron chi connectivity index (χ0n) is 11.4. The predicted molar refractivity (Wildman–Crippen MR) is 71.8 cm³/mol. The highest BCUT2D eigenvalue weighted by atomic mass is 19.1. The third-order valence-corrected chi connectivity index (χ3v) is 2.45. The molecule has 0 saturated heterocycles. The van der Waals surface area contributed by atoms with E-state index in [4.69, 9.17) is 5.73 Å². The molecule has 3 N–H and O–H groups in total. The molecule has 1 rings (SSSR count). The first-order chi connectivity index (χ1) is 8.38. The number of aromatic nitrogens is 2. The number of anilines is 2. The summed E-state index contributed by atoms with van der Waals surface area (Å²) in [6.07, 6.45) is 2.02. The van der Waals surface area contributed by atoms with Gasteiger partial charge in [-0.25, -0.2) is 9.37 Å². The lowest BCUT2D eigenvalue weighted by Gasteiger charge is -2.24. The van der Waals surface area contributed by atoms with Crippen molar-refractivity contribution in [3.63, 3.8) is 0 Å². The SMILES string of the molecule is CC(C)CC(CN(C)C)Nc1nc(N)ncc1F. The molecule has 0 aliphatic carbocycles. The van der Waals surface area contributed by atoms with E-state index in [1.807, 2.05) is 14.1 Å². The van der Waals surface area contributed by atoms with Crippen molar-refractivity contribution < 1.29 is 4.39 Å². The average Bonchev–Trinajstić information content (AvgIpc) is 2.21. The molecule has 102 valence electrons.